The van der Waals surface area contributed by atoms with Crippen LogP contribution >= 0.6 is 24.8 Å². The number of fused-ring (bicyclic) bond motifs is 15. The lowest BCUT2D eigenvalue weighted by molar-refractivity contribution is -0.123. The number of nitrogens with zero attached hydrogens (tertiary/aromatic N) is 3. The molecular weight excluding hydrogens is 583 g/mol. The Morgan fingerprint density at radius 1 is 1.05 bits per heavy atom. The zero-order valence-electron chi connectivity index (χ0n) is 24.6. The van der Waals surface area contributed by atoms with Crippen LogP contribution in [0, 0.1) is 0 Å². The van der Waals surface area contributed by atoms with Gasteiger partial charge in [0.1, 0.15) is 11.9 Å². The number of aryl methyl sites for hydroxylation is 1. The standard InChI is InChI=1S/C29H44N6O5.2ClH/c1-38-17-16-35-15-12-30-27(35)21-34-13-4-3-10-32-29(37)24-19-23(20-33-24)40-25-8-6-22(18-26(25)39-2)7-9-28(36)31-11-5-14-34;;/h6,8,12,15,18,23-24,33H,3-5,7,9-11,13-14,16-17,19-21H2,1-2H3,(H,31,36)(H,32,37);2*1H/t23-,24-;;/m0../s1. The van der Waals surface area contributed by atoms with E-state index in [1.165, 1.54) is 0 Å². The first kappa shape index (κ1) is 35.6. The normalized spacial score (nSPS) is 21.0. The Labute approximate surface area is 261 Å². The van der Waals surface area contributed by atoms with Crippen LogP contribution in [-0.4, -0.2) is 92.0 Å². The SMILES string of the molecule is COCCn1ccnc1CN1CCCCNC(=O)[C@@H]2C[C@@H](CN2)Oc2ccc(cc2OC)CCC(=O)NCCC1.Cl.Cl. The third-order valence-corrected chi connectivity index (χ3v) is 7.45. The molecule has 2 aromatic rings. The Balaban J connectivity index is 0.00000308. The number of ether oxygens (including phenoxy) is 3. The quantitative estimate of drug-likeness (QED) is 0.446. The predicted octanol–water partition coefficient (Wildman–Crippen LogP) is 2.34. The van der Waals surface area contributed by atoms with Gasteiger partial charge >= 0.3 is 0 Å². The molecule has 13 heteroatoms. The average molecular weight is 630 g/mol. The molecule has 0 spiro atoms. The van der Waals surface area contributed by atoms with Crippen molar-refractivity contribution in [2.75, 3.05) is 53.6 Å². The summed E-state index contributed by atoms with van der Waals surface area (Å²) in [4.78, 5) is 32.3. The van der Waals surface area contributed by atoms with E-state index in [9.17, 15) is 9.59 Å². The van der Waals surface area contributed by atoms with Crippen LogP contribution in [0.1, 0.15) is 43.5 Å². The van der Waals surface area contributed by atoms with Crippen molar-refractivity contribution in [3.8, 4) is 11.5 Å². The summed E-state index contributed by atoms with van der Waals surface area (Å²) in [6, 6.07) is 5.52. The van der Waals surface area contributed by atoms with Gasteiger partial charge in [0.15, 0.2) is 11.5 Å². The maximum absolute atomic E-state index is 12.8. The minimum atomic E-state index is -0.269. The van der Waals surface area contributed by atoms with Crippen molar-refractivity contribution in [2.45, 2.75) is 63.8 Å². The predicted molar refractivity (Wildman–Crippen MR) is 166 cm³/mol. The van der Waals surface area contributed by atoms with E-state index in [1.807, 2.05) is 30.6 Å². The van der Waals surface area contributed by atoms with E-state index in [4.69, 9.17) is 14.2 Å². The lowest BCUT2D eigenvalue weighted by Gasteiger charge is -2.23. The van der Waals surface area contributed by atoms with Gasteiger partial charge in [-0.2, -0.15) is 0 Å². The maximum atomic E-state index is 12.8. The minimum Gasteiger partial charge on any atom is -0.493 e. The highest BCUT2D eigenvalue weighted by molar-refractivity contribution is 5.85. The van der Waals surface area contributed by atoms with E-state index in [1.54, 1.807) is 14.2 Å². The monoisotopic (exact) mass is 628 g/mol. The lowest BCUT2D eigenvalue weighted by atomic mass is 10.1. The van der Waals surface area contributed by atoms with Crippen LogP contribution in [0.25, 0.3) is 0 Å². The minimum absolute atomic E-state index is 0. The van der Waals surface area contributed by atoms with Crippen molar-refractivity contribution in [3.63, 3.8) is 0 Å². The molecule has 42 heavy (non-hydrogen) atoms. The van der Waals surface area contributed by atoms with Crippen molar-refractivity contribution in [3.05, 3.63) is 42.0 Å². The topological polar surface area (TPSA) is 119 Å². The number of carbonyl (C=O) groups is 2. The van der Waals surface area contributed by atoms with Gasteiger partial charge in [-0.15, -0.1) is 24.8 Å². The Bertz CT molecular complexity index is 1100. The lowest BCUT2D eigenvalue weighted by Crippen LogP contribution is -2.40. The van der Waals surface area contributed by atoms with Crippen LogP contribution in [0.5, 0.6) is 11.5 Å². The molecule has 0 radical (unpaired) electrons. The van der Waals surface area contributed by atoms with E-state index in [-0.39, 0.29) is 48.8 Å². The van der Waals surface area contributed by atoms with Gasteiger partial charge in [-0.3, -0.25) is 14.5 Å². The Morgan fingerprint density at radius 2 is 1.86 bits per heavy atom. The molecule has 5 rings (SSSR count). The molecule has 236 valence electrons. The highest BCUT2D eigenvalue weighted by atomic mass is 35.5. The van der Waals surface area contributed by atoms with Crippen molar-refractivity contribution in [1.82, 2.24) is 30.4 Å². The van der Waals surface area contributed by atoms with Gasteiger partial charge in [-0.05, 0) is 49.9 Å². The second-order valence-electron chi connectivity index (χ2n) is 10.4. The molecular formula is C29H46Cl2N6O5. The van der Waals surface area contributed by atoms with Crippen LogP contribution in [0.3, 0.4) is 0 Å². The average Bonchev–Trinajstić information content (AvgIpc) is 3.62. The van der Waals surface area contributed by atoms with Crippen molar-refractivity contribution >= 4 is 36.6 Å². The highest BCUT2D eigenvalue weighted by Gasteiger charge is 2.31. The van der Waals surface area contributed by atoms with Crippen molar-refractivity contribution in [1.29, 1.82) is 0 Å². The number of methoxy groups -OCH3 is 2. The van der Waals surface area contributed by atoms with Gasteiger partial charge in [0.05, 0.1) is 26.3 Å². The van der Waals surface area contributed by atoms with Crippen LogP contribution in [0.4, 0.5) is 0 Å². The number of aromatic nitrogens is 2. The van der Waals surface area contributed by atoms with E-state index in [0.717, 1.165) is 56.8 Å². The second-order valence-corrected chi connectivity index (χ2v) is 10.4. The summed E-state index contributed by atoms with van der Waals surface area (Å²) >= 11 is 0. The summed E-state index contributed by atoms with van der Waals surface area (Å²) in [7, 11) is 3.31. The molecule has 1 saturated heterocycles. The third-order valence-electron chi connectivity index (χ3n) is 7.45. The third kappa shape index (κ3) is 10.9. The van der Waals surface area contributed by atoms with Crippen molar-refractivity contribution < 1.29 is 23.8 Å². The summed E-state index contributed by atoms with van der Waals surface area (Å²) < 4.78 is 19.1. The second kappa shape index (κ2) is 18.9. The fraction of sp³-hybridized carbons (Fsp3) is 0.621. The Hall–Kier alpha value is -2.57. The molecule has 0 aliphatic carbocycles. The summed E-state index contributed by atoms with van der Waals surface area (Å²) in [6.07, 6.45) is 7.99. The van der Waals surface area contributed by atoms with E-state index in [2.05, 4.69) is 30.4 Å². The van der Waals surface area contributed by atoms with Gasteiger partial charge in [-0.1, -0.05) is 6.07 Å². The van der Waals surface area contributed by atoms with Crippen LogP contribution in [0.2, 0.25) is 0 Å². The molecule has 3 aliphatic rings. The molecule has 0 saturated carbocycles. The fourth-order valence-corrected chi connectivity index (χ4v) is 5.16. The van der Waals surface area contributed by atoms with Gasteiger partial charge in [0.25, 0.3) is 0 Å². The number of hydrogen-bond acceptors (Lipinski definition) is 8. The van der Waals surface area contributed by atoms with Gasteiger partial charge in [-0.25, -0.2) is 4.98 Å². The number of imidazole rings is 1. The number of nitrogens with one attached hydrogen (secondary N) is 3. The molecule has 11 nitrogen and oxygen atoms in total. The van der Waals surface area contributed by atoms with Crippen LogP contribution in [0.15, 0.2) is 30.6 Å². The zero-order chi connectivity index (χ0) is 28.2. The number of hydrogen-bond donors (Lipinski definition) is 3. The number of rotatable bonds is 6. The molecule has 4 heterocycles. The first-order valence-electron chi connectivity index (χ1n) is 14.4. The fourth-order valence-electron chi connectivity index (χ4n) is 5.16. The molecule has 1 aromatic carbocycles. The number of carbonyl (C=O) groups excluding carboxylic acids is 2. The molecule has 3 aliphatic heterocycles. The first-order chi connectivity index (χ1) is 19.6. The number of halogens is 2. The van der Waals surface area contributed by atoms with E-state index < -0.39 is 0 Å². The van der Waals surface area contributed by atoms with Gasteiger partial charge in [0.2, 0.25) is 11.8 Å². The maximum Gasteiger partial charge on any atom is 0.237 e. The van der Waals surface area contributed by atoms with Crippen LogP contribution in [-0.2, 0) is 33.8 Å². The van der Waals surface area contributed by atoms with Crippen molar-refractivity contribution in [2.24, 2.45) is 0 Å². The molecule has 1 fully saturated rings. The summed E-state index contributed by atoms with van der Waals surface area (Å²) in [5.41, 5.74) is 1.01. The summed E-state index contributed by atoms with van der Waals surface area (Å²) in [6.45, 7) is 5.69. The summed E-state index contributed by atoms with van der Waals surface area (Å²) in [5.74, 6) is 2.35. The highest BCUT2D eigenvalue weighted by Crippen LogP contribution is 2.30. The molecule has 2 atom stereocenters. The molecule has 2 amide bonds. The first-order valence-corrected chi connectivity index (χ1v) is 14.4. The van der Waals surface area contributed by atoms with E-state index in [0.29, 0.717) is 57.0 Å². The van der Waals surface area contributed by atoms with E-state index >= 15 is 0 Å². The molecule has 4 bridgehead atoms. The number of amides is 2. The largest absolute Gasteiger partial charge is 0.493 e. The molecule has 0 unspecified atom stereocenters. The zero-order valence-corrected chi connectivity index (χ0v) is 26.3. The van der Waals surface area contributed by atoms with Crippen LogP contribution < -0.4 is 25.4 Å². The number of benzene rings is 1. The summed E-state index contributed by atoms with van der Waals surface area (Å²) in [5, 5.41) is 9.44. The molecule has 3 N–H and O–H groups in total. The Morgan fingerprint density at radius 3 is 2.67 bits per heavy atom. The van der Waals surface area contributed by atoms with Gasteiger partial charge in [0, 0.05) is 65.1 Å². The molecule has 1 aromatic heterocycles. The Kier molecular flexibility index (Phi) is 16.0. The van der Waals surface area contributed by atoms with Gasteiger partial charge < -0.3 is 34.7 Å². The smallest absolute Gasteiger partial charge is 0.237 e.